The number of nitrogens with zero attached hydrogens (tertiary/aromatic N) is 1. The van der Waals surface area contributed by atoms with Crippen molar-refractivity contribution >= 4 is 29.6 Å². The second-order valence-corrected chi connectivity index (χ2v) is 2.55. The second-order valence-electron chi connectivity index (χ2n) is 1.63. The monoisotopic (exact) mass is 401 g/mol. The van der Waals surface area contributed by atoms with Crippen LogP contribution in [0.2, 0.25) is 0 Å². The third-order valence-electron chi connectivity index (χ3n) is 0.889. The standard InChI is InChI=1S/C7H6Br.CN.BrH.Cu.Zn/c1-6-3-2-4-7(8)5-6;1-2;;;/h2-5H,1H2;;1H;;/q2*-1;;+1;+2/p-1. The van der Waals surface area contributed by atoms with Crippen molar-refractivity contribution in [1.29, 1.82) is 5.26 Å². The van der Waals surface area contributed by atoms with Crippen LogP contribution in [-0.4, -0.2) is 0 Å². The van der Waals surface area contributed by atoms with Gasteiger partial charge in [-0.05, 0) is 4.47 Å². The van der Waals surface area contributed by atoms with Crippen molar-refractivity contribution in [2.45, 2.75) is 0 Å². The Morgan fingerprint density at radius 2 is 1.77 bits per heavy atom. The van der Waals surface area contributed by atoms with Gasteiger partial charge in [-0.1, -0.05) is 22.0 Å². The van der Waals surface area contributed by atoms with Crippen LogP contribution in [0.5, 0.6) is 0 Å². The summed E-state index contributed by atoms with van der Waals surface area (Å²) in [4.78, 5) is 0. The number of rotatable bonds is 0. The molecule has 1 aromatic carbocycles. The van der Waals surface area contributed by atoms with Gasteiger partial charge in [-0.25, -0.2) is 0 Å². The fourth-order valence-electron chi connectivity index (χ4n) is 0.537. The van der Waals surface area contributed by atoms with Gasteiger partial charge in [0, 0.05) is 0 Å². The van der Waals surface area contributed by atoms with Crippen molar-refractivity contribution in [3.8, 4) is 0 Å². The van der Waals surface area contributed by atoms with E-state index in [0.717, 1.165) is 10.0 Å². The quantitative estimate of drug-likeness (QED) is 0.479. The molecule has 0 bridgehead atoms. The van der Waals surface area contributed by atoms with Gasteiger partial charge in [0.05, 0.1) is 0 Å². The van der Waals surface area contributed by atoms with E-state index in [1.54, 1.807) is 0 Å². The molecule has 0 N–H and O–H groups in total. The van der Waals surface area contributed by atoms with Crippen molar-refractivity contribution in [3.05, 3.63) is 47.8 Å². The molecule has 0 aliphatic heterocycles. The molecule has 70 valence electrons. The van der Waals surface area contributed by atoms with Gasteiger partial charge < -0.3 is 11.8 Å². The number of hydrogen-bond donors (Lipinski definition) is 0. The van der Waals surface area contributed by atoms with E-state index in [4.69, 9.17) is 11.8 Å². The average Bonchev–Trinajstić information content (AvgIpc) is 2.11. The molecule has 1 nitrogen and oxygen atoms in total. The Morgan fingerprint density at radius 1 is 1.31 bits per heavy atom. The van der Waals surface area contributed by atoms with Crippen molar-refractivity contribution in [2.24, 2.45) is 0 Å². The van der Waals surface area contributed by atoms with Crippen molar-refractivity contribution in [1.82, 2.24) is 0 Å². The molecular weight excluding hydrogens is 399 g/mol. The molecule has 0 aromatic heterocycles. The van der Waals surface area contributed by atoms with Crippen molar-refractivity contribution < 1.29 is 33.4 Å². The molecule has 1 aromatic rings. The Bertz CT molecular complexity index is 213. The summed E-state index contributed by atoms with van der Waals surface area (Å²) < 4.78 is 1.09. The predicted molar refractivity (Wildman–Crippen MR) is 52.5 cm³/mol. The summed E-state index contributed by atoms with van der Waals surface area (Å²) in [6, 6.07) is 7.88. The molecule has 0 amide bonds. The van der Waals surface area contributed by atoms with E-state index in [2.05, 4.69) is 36.5 Å². The first-order chi connectivity index (χ1) is 5.79. The van der Waals surface area contributed by atoms with E-state index in [-0.39, 0.29) is 17.1 Å². The molecule has 0 fully saturated rings. The minimum atomic E-state index is 0. The first-order valence-electron chi connectivity index (χ1n) is 2.85. The van der Waals surface area contributed by atoms with Crippen LogP contribution in [-0.2, 0) is 33.4 Å². The van der Waals surface area contributed by atoms with Crippen molar-refractivity contribution in [2.75, 3.05) is 0 Å². The zero-order chi connectivity index (χ0) is 9.98. The van der Waals surface area contributed by atoms with Crippen LogP contribution in [0.3, 0.4) is 0 Å². The first-order valence-corrected chi connectivity index (χ1v) is 10.6. The minimum absolute atomic E-state index is 0. The van der Waals surface area contributed by atoms with Gasteiger partial charge in [-0.15, -0.1) is 12.1 Å². The SMILES string of the molecule is [C-]#N.[CH2-]c1cccc(Br)c1.[Cu+].[Zn+][Br]. The molecule has 0 atom stereocenters. The molecule has 0 unspecified atom stereocenters. The molecule has 0 saturated carbocycles. The average molecular weight is 405 g/mol. The summed E-state index contributed by atoms with van der Waals surface area (Å²) in [6.07, 6.45) is 0. The number of halogens is 2. The maximum absolute atomic E-state index is 6.25. The Morgan fingerprint density at radius 3 is 2.00 bits per heavy atom. The van der Waals surface area contributed by atoms with E-state index in [1.807, 2.05) is 24.3 Å². The molecular formula is C8H6Br2CuNZn. The van der Waals surface area contributed by atoms with Gasteiger partial charge in [0.25, 0.3) is 0 Å². The van der Waals surface area contributed by atoms with E-state index < -0.39 is 0 Å². The number of hydrogen-bond acceptors (Lipinski definition) is 1. The molecule has 0 radical (unpaired) electrons. The zero-order valence-corrected chi connectivity index (χ0v) is 13.8. The van der Waals surface area contributed by atoms with E-state index >= 15 is 0 Å². The van der Waals surface area contributed by atoms with Crippen LogP contribution in [0.15, 0.2) is 28.7 Å². The molecule has 0 aliphatic rings. The Labute approximate surface area is 115 Å². The second kappa shape index (κ2) is 15.2. The third-order valence-corrected chi connectivity index (χ3v) is 1.38. The van der Waals surface area contributed by atoms with Gasteiger partial charge in [-0.2, -0.15) is 18.6 Å². The maximum atomic E-state index is 6.25. The van der Waals surface area contributed by atoms with Crippen LogP contribution in [0.25, 0.3) is 0 Å². The fraction of sp³-hybridized carbons (Fsp3) is 0. The van der Waals surface area contributed by atoms with Gasteiger partial charge in [0.15, 0.2) is 0 Å². The van der Waals surface area contributed by atoms with Crippen LogP contribution in [0.1, 0.15) is 5.56 Å². The molecule has 0 heterocycles. The molecule has 13 heavy (non-hydrogen) atoms. The summed E-state index contributed by atoms with van der Waals surface area (Å²) in [7, 11) is 0. The molecule has 0 spiro atoms. The molecule has 5 heteroatoms. The van der Waals surface area contributed by atoms with Crippen molar-refractivity contribution in [3.63, 3.8) is 0 Å². The Kier molecular flexibility index (Phi) is 22.5. The van der Waals surface area contributed by atoms with E-state index in [9.17, 15) is 0 Å². The molecule has 0 aliphatic carbocycles. The normalized spacial score (nSPS) is 6.31. The third kappa shape index (κ3) is 12.7. The van der Waals surface area contributed by atoms with Gasteiger partial charge in [0.2, 0.25) is 0 Å². The van der Waals surface area contributed by atoms with Gasteiger partial charge in [0.1, 0.15) is 0 Å². The summed E-state index contributed by atoms with van der Waals surface area (Å²) >= 11 is 7.57. The van der Waals surface area contributed by atoms with E-state index in [1.165, 1.54) is 16.3 Å². The van der Waals surface area contributed by atoms with Crippen LogP contribution in [0, 0.1) is 18.8 Å². The predicted octanol–water partition coefficient (Wildman–Crippen LogP) is 3.57. The zero-order valence-electron chi connectivity index (χ0n) is 6.73. The molecule has 0 saturated heterocycles. The summed E-state index contributed by atoms with van der Waals surface area (Å²) in [5, 5.41) is 6.25. The van der Waals surface area contributed by atoms with Crippen LogP contribution >= 0.6 is 29.6 Å². The van der Waals surface area contributed by atoms with E-state index in [0.29, 0.717) is 0 Å². The number of benzene rings is 1. The van der Waals surface area contributed by atoms with Gasteiger partial charge in [-0.3, -0.25) is 0 Å². The topological polar surface area (TPSA) is 23.8 Å². The first kappa shape index (κ1) is 19.3. The van der Waals surface area contributed by atoms with Crippen LogP contribution < -0.4 is 0 Å². The Hall–Kier alpha value is 0.683. The fourth-order valence-corrected chi connectivity index (χ4v) is 0.984. The Balaban J connectivity index is -0.000000178. The molecule has 1 rings (SSSR count). The van der Waals surface area contributed by atoms with Crippen LogP contribution in [0.4, 0.5) is 0 Å². The summed E-state index contributed by atoms with van der Waals surface area (Å²) in [5.74, 6) is 0. The summed E-state index contributed by atoms with van der Waals surface area (Å²) in [5.41, 5.74) is 1.04. The summed E-state index contributed by atoms with van der Waals surface area (Å²) in [6.45, 7) is 8.50. The van der Waals surface area contributed by atoms with Gasteiger partial charge >= 0.3 is 47.0 Å².